The van der Waals surface area contributed by atoms with Gasteiger partial charge in [0.05, 0.1) is 12.5 Å². The van der Waals surface area contributed by atoms with Crippen molar-refractivity contribution in [2.24, 2.45) is 0 Å². The quantitative estimate of drug-likeness (QED) is 0.205. The maximum atomic E-state index is 11.7. The molecule has 0 aromatic rings. The molecule has 34 heavy (non-hydrogen) atoms. The van der Waals surface area contributed by atoms with E-state index in [0.29, 0.717) is 22.1 Å². The first kappa shape index (κ1) is 33.4. The molecule has 202 valence electrons. The fraction of sp³-hybridized carbons (Fsp3) is 0.875. The van der Waals surface area contributed by atoms with Crippen molar-refractivity contribution in [1.29, 1.82) is 0 Å². The van der Waals surface area contributed by atoms with Gasteiger partial charge in [-0.3, -0.25) is 9.59 Å². The van der Waals surface area contributed by atoms with Gasteiger partial charge in [0.1, 0.15) is 0 Å². The third kappa shape index (κ3) is 11.5. The fourth-order valence-corrected chi connectivity index (χ4v) is 7.91. The molecule has 0 spiro atoms. The smallest absolute Gasteiger partial charge is 0.485 e. The van der Waals surface area contributed by atoms with Crippen LogP contribution in [-0.4, -0.2) is 83.0 Å². The maximum Gasteiger partial charge on any atom is 0.485 e. The monoisotopic (exact) mass is 586 g/mol. The Balaban J connectivity index is 0.000000570. The topological polar surface area (TPSA) is 149 Å². The van der Waals surface area contributed by atoms with Crippen LogP contribution in [0.25, 0.3) is 0 Å². The molecule has 0 bridgehead atoms. The lowest BCUT2D eigenvalue weighted by Gasteiger charge is -2.11. The van der Waals surface area contributed by atoms with Crippen LogP contribution in [0.2, 0.25) is 0 Å². The molecule has 2 aliphatic rings. The summed E-state index contributed by atoms with van der Waals surface area (Å²) in [5.74, 6) is 3.29. The molecule has 4 atom stereocenters. The standard InChI is InChI=1S/C14H24O2S2.2CHF3O3S/c1-17(13-7-3-5-11(13)15)9-10-18(2)14-8-4-6-12(14)16;2*2-1(3,4)8(5,6)7/h13-14H,3-10H2,1-2H3;2*(H,5,6,7)/q+2;;/p-2. The predicted molar refractivity (Wildman–Crippen MR) is 113 cm³/mol. The van der Waals surface area contributed by atoms with Crippen molar-refractivity contribution in [3.63, 3.8) is 0 Å². The zero-order valence-corrected chi connectivity index (χ0v) is 21.2. The molecule has 0 aromatic heterocycles. The molecule has 0 saturated heterocycles. The zero-order valence-electron chi connectivity index (χ0n) is 18.0. The zero-order chi connectivity index (χ0) is 27.1. The predicted octanol–water partition coefficient (Wildman–Crippen LogP) is 1.83. The van der Waals surface area contributed by atoms with Crippen molar-refractivity contribution in [2.45, 2.75) is 60.0 Å². The Labute approximate surface area is 199 Å². The maximum absolute atomic E-state index is 11.7. The van der Waals surface area contributed by atoms with Crippen LogP contribution in [0.15, 0.2) is 0 Å². The number of carbonyl (C=O) groups excluding carboxylic acids is 2. The van der Waals surface area contributed by atoms with Gasteiger partial charge in [0.25, 0.3) is 0 Å². The van der Waals surface area contributed by atoms with Crippen LogP contribution in [-0.2, 0) is 51.6 Å². The number of rotatable bonds is 5. The van der Waals surface area contributed by atoms with Gasteiger partial charge in [0.2, 0.25) is 0 Å². The number of hydrogen-bond donors (Lipinski definition) is 0. The van der Waals surface area contributed by atoms with Crippen molar-refractivity contribution in [3.05, 3.63) is 0 Å². The van der Waals surface area contributed by atoms with Crippen molar-refractivity contribution < 1.29 is 61.9 Å². The molecular formula is C16H24F6O8S4. The normalized spacial score (nSPS) is 23.5. The third-order valence-corrected chi connectivity index (χ3v) is 10.8. The second kappa shape index (κ2) is 13.1. The first-order chi connectivity index (χ1) is 15.1. The van der Waals surface area contributed by atoms with Crippen LogP contribution < -0.4 is 0 Å². The van der Waals surface area contributed by atoms with E-state index < -0.39 is 31.3 Å². The fourth-order valence-electron chi connectivity index (χ4n) is 2.97. The van der Waals surface area contributed by atoms with Crippen molar-refractivity contribution in [3.8, 4) is 0 Å². The molecule has 0 heterocycles. The van der Waals surface area contributed by atoms with Gasteiger partial charge in [-0.05, 0) is 34.6 Å². The van der Waals surface area contributed by atoms with Crippen molar-refractivity contribution in [1.82, 2.24) is 0 Å². The van der Waals surface area contributed by atoms with E-state index >= 15 is 0 Å². The van der Waals surface area contributed by atoms with Gasteiger partial charge < -0.3 is 9.11 Å². The average molecular weight is 587 g/mol. The average Bonchev–Trinajstić information content (AvgIpc) is 3.25. The molecule has 18 heteroatoms. The SMILES string of the molecule is C[S+](CC[S+](C)C1CCCC1=O)C1CCCC1=O.O=S(=O)([O-])C(F)(F)F.O=S(=O)([O-])C(F)(F)F. The summed E-state index contributed by atoms with van der Waals surface area (Å²) in [6, 6.07) is 0. The van der Waals surface area contributed by atoms with Gasteiger partial charge in [-0.1, -0.05) is 0 Å². The van der Waals surface area contributed by atoms with E-state index in [2.05, 4.69) is 12.5 Å². The Bertz CT molecular complexity index is 827. The highest BCUT2D eigenvalue weighted by atomic mass is 32.2. The molecule has 4 unspecified atom stereocenters. The molecule has 2 rings (SSSR count). The number of carbonyl (C=O) groups is 2. The van der Waals surface area contributed by atoms with Crippen LogP contribution in [0.1, 0.15) is 38.5 Å². The lowest BCUT2D eigenvalue weighted by Crippen LogP contribution is -2.34. The summed E-state index contributed by atoms with van der Waals surface area (Å²) in [6.45, 7) is 0. The second-order valence-corrected chi connectivity index (χ2v) is 14.7. The molecular weight excluding hydrogens is 562 g/mol. The van der Waals surface area contributed by atoms with Crippen LogP contribution in [0.5, 0.6) is 0 Å². The van der Waals surface area contributed by atoms with Gasteiger partial charge in [0, 0.05) is 25.7 Å². The minimum absolute atomic E-state index is 0.239. The number of ketones is 2. The van der Waals surface area contributed by atoms with E-state index in [1.807, 2.05) is 0 Å². The van der Waals surface area contributed by atoms with Crippen LogP contribution in [0, 0.1) is 0 Å². The Morgan fingerprint density at radius 2 is 0.971 bits per heavy atom. The molecule has 0 N–H and O–H groups in total. The molecule has 8 nitrogen and oxygen atoms in total. The van der Waals surface area contributed by atoms with Gasteiger partial charge >= 0.3 is 11.0 Å². The molecule has 0 aliphatic heterocycles. The highest BCUT2D eigenvalue weighted by molar-refractivity contribution is 8.01. The number of Topliss-reactive ketones (excluding diaryl/α,β-unsaturated/α-hetero) is 2. The summed E-state index contributed by atoms with van der Waals surface area (Å²) in [5.41, 5.74) is -11.3. The summed E-state index contributed by atoms with van der Waals surface area (Å²) in [4.78, 5) is 23.4. The summed E-state index contributed by atoms with van der Waals surface area (Å²) in [6.07, 6.45) is 10.5. The van der Waals surface area contributed by atoms with E-state index in [0.717, 1.165) is 50.0 Å². The minimum atomic E-state index is -6.09. The molecule has 2 aliphatic carbocycles. The van der Waals surface area contributed by atoms with Crippen LogP contribution >= 0.6 is 0 Å². The van der Waals surface area contributed by atoms with E-state index in [-0.39, 0.29) is 21.8 Å². The van der Waals surface area contributed by atoms with E-state index in [4.69, 9.17) is 25.9 Å². The molecule has 0 aromatic carbocycles. The lowest BCUT2D eigenvalue weighted by molar-refractivity contribution is -0.117. The molecule has 0 amide bonds. The Kier molecular flexibility index (Phi) is 12.9. The Morgan fingerprint density at radius 3 is 1.12 bits per heavy atom. The Morgan fingerprint density at radius 1 is 0.735 bits per heavy atom. The summed E-state index contributed by atoms with van der Waals surface area (Å²) < 4.78 is 118. The van der Waals surface area contributed by atoms with Gasteiger partial charge in [-0.15, -0.1) is 0 Å². The highest BCUT2D eigenvalue weighted by Crippen LogP contribution is 2.25. The first-order valence-corrected chi connectivity index (χ1v) is 16.0. The number of hydrogen-bond acceptors (Lipinski definition) is 8. The summed E-state index contributed by atoms with van der Waals surface area (Å²) in [5, 5.41) is 0.697. The molecule has 0 radical (unpaired) electrons. The van der Waals surface area contributed by atoms with E-state index in [1.54, 1.807) is 0 Å². The van der Waals surface area contributed by atoms with Gasteiger partial charge in [-0.2, -0.15) is 26.3 Å². The lowest BCUT2D eigenvalue weighted by atomic mass is 10.3. The third-order valence-electron chi connectivity index (χ3n) is 4.76. The van der Waals surface area contributed by atoms with Crippen LogP contribution in [0.3, 0.4) is 0 Å². The Hall–Kier alpha value is -0.560. The van der Waals surface area contributed by atoms with Crippen molar-refractivity contribution >= 4 is 53.6 Å². The summed E-state index contributed by atoms with van der Waals surface area (Å²) in [7, 11) is -11.7. The van der Waals surface area contributed by atoms with Gasteiger partial charge in [0.15, 0.2) is 53.8 Å². The number of halogens is 6. The van der Waals surface area contributed by atoms with Crippen LogP contribution in [0.4, 0.5) is 26.3 Å². The minimum Gasteiger partial charge on any atom is -0.741 e. The van der Waals surface area contributed by atoms with E-state index in [9.17, 15) is 35.9 Å². The highest BCUT2D eigenvalue weighted by Gasteiger charge is 2.41. The number of alkyl halides is 6. The first-order valence-electron chi connectivity index (χ1n) is 9.42. The molecule has 2 saturated carbocycles. The van der Waals surface area contributed by atoms with Crippen molar-refractivity contribution in [2.75, 3.05) is 24.0 Å². The van der Waals surface area contributed by atoms with Gasteiger partial charge in [-0.25, -0.2) is 16.8 Å². The molecule has 2 fully saturated rings. The second-order valence-electron chi connectivity index (χ2n) is 7.28. The van der Waals surface area contributed by atoms with E-state index in [1.165, 1.54) is 0 Å². The largest absolute Gasteiger partial charge is 0.741 e. The summed E-state index contributed by atoms with van der Waals surface area (Å²) >= 11 is 0.